The fourth-order valence-electron chi connectivity index (χ4n) is 3.43. The van der Waals surface area contributed by atoms with E-state index in [9.17, 15) is 4.79 Å². The number of methoxy groups -OCH3 is 1. The van der Waals surface area contributed by atoms with E-state index in [4.69, 9.17) is 9.47 Å². The van der Waals surface area contributed by atoms with Crippen LogP contribution >= 0.6 is 0 Å². The first-order valence-corrected chi connectivity index (χ1v) is 9.83. The number of hydrazone groups is 1. The molecule has 1 saturated heterocycles. The molecule has 0 aliphatic carbocycles. The van der Waals surface area contributed by atoms with E-state index < -0.39 is 0 Å². The van der Waals surface area contributed by atoms with Gasteiger partial charge in [0.15, 0.2) is 0 Å². The van der Waals surface area contributed by atoms with Crippen LogP contribution in [-0.2, 0) is 4.74 Å². The van der Waals surface area contributed by atoms with E-state index in [0.29, 0.717) is 11.3 Å². The van der Waals surface area contributed by atoms with E-state index in [1.807, 2.05) is 65.5 Å². The number of amides is 1. The Morgan fingerprint density at radius 3 is 2.63 bits per heavy atom. The maximum absolute atomic E-state index is 12.7. The molecule has 3 aromatic rings. The van der Waals surface area contributed by atoms with Gasteiger partial charge in [-0.1, -0.05) is 12.1 Å². The first-order chi connectivity index (χ1) is 14.8. The largest absolute Gasteiger partial charge is 0.496 e. The summed E-state index contributed by atoms with van der Waals surface area (Å²) in [6, 6.07) is 17.2. The summed E-state index contributed by atoms with van der Waals surface area (Å²) in [5, 5.41) is 4.14. The van der Waals surface area contributed by atoms with Crippen LogP contribution in [0.15, 0.2) is 72.1 Å². The molecule has 1 fully saturated rings. The number of aromatic nitrogens is 1. The van der Waals surface area contributed by atoms with Crippen molar-refractivity contribution in [3.63, 3.8) is 0 Å². The van der Waals surface area contributed by atoms with E-state index in [1.54, 1.807) is 19.4 Å². The Morgan fingerprint density at radius 2 is 1.87 bits per heavy atom. The third-order valence-corrected chi connectivity index (χ3v) is 4.99. The van der Waals surface area contributed by atoms with Gasteiger partial charge in [0.2, 0.25) is 0 Å². The van der Waals surface area contributed by atoms with Gasteiger partial charge in [0.25, 0.3) is 5.91 Å². The van der Waals surface area contributed by atoms with E-state index >= 15 is 0 Å². The van der Waals surface area contributed by atoms with Crippen molar-refractivity contribution >= 4 is 17.8 Å². The average Bonchev–Trinajstić information content (AvgIpc) is 3.34. The van der Waals surface area contributed by atoms with Gasteiger partial charge in [-0.15, -0.1) is 0 Å². The number of nitrogens with one attached hydrogen (secondary N) is 1. The number of para-hydroxylation sites is 1. The number of morpholine rings is 1. The topological polar surface area (TPSA) is 68.1 Å². The number of anilines is 1. The number of nitrogens with zero attached hydrogens (tertiary/aromatic N) is 3. The summed E-state index contributed by atoms with van der Waals surface area (Å²) >= 11 is 0. The van der Waals surface area contributed by atoms with Crippen molar-refractivity contribution in [1.82, 2.24) is 9.99 Å². The van der Waals surface area contributed by atoms with Crippen LogP contribution in [0.2, 0.25) is 0 Å². The minimum absolute atomic E-state index is 0.278. The van der Waals surface area contributed by atoms with Crippen LogP contribution in [0.4, 0.5) is 5.69 Å². The molecule has 7 nitrogen and oxygen atoms in total. The second kappa shape index (κ2) is 9.28. The molecule has 0 spiro atoms. The number of hydrogen-bond acceptors (Lipinski definition) is 5. The fraction of sp³-hybridized carbons (Fsp3) is 0.217. The normalized spacial score (nSPS) is 14.1. The zero-order valence-corrected chi connectivity index (χ0v) is 16.8. The van der Waals surface area contributed by atoms with Gasteiger partial charge in [0.05, 0.1) is 37.8 Å². The number of rotatable bonds is 6. The number of hydrogen-bond donors (Lipinski definition) is 1. The van der Waals surface area contributed by atoms with Crippen LogP contribution in [0.25, 0.3) is 5.69 Å². The molecule has 0 unspecified atom stereocenters. The molecule has 0 saturated carbocycles. The molecule has 2 heterocycles. The standard InChI is InChI=1S/C23H24N4O3/c1-29-22-16-19(26-12-14-30-15-13-26)9-8-18(22)17-24-25-23(28)20-6-2-3-7-21(20)27-10-4-5-11-27/h2-11,16-17H,12-15H2,1H3,(H,25,28)/b24-17-. The highest BCUT2D eigenvalue weighted by atomic mass is 16.5. The lowest BCUT2D eigenvalue weighted by atomic mass is 10.1. The Hall–Kier alpha value is -3.58. The Labute approximate surface area is 175 Å². The van der Waals surface area contributed by atoms with Gasteiger partial charge in [0, 0.05) is 42.8 Å². The second-order valence-corrected chi connectivity index (χ2v) is 6.83. The molecule has 154 valence electrons. The maximum Gasteiger partial charge on any atom is 0.273 e. The molecule has 1 aliphatic heterocycles. The molecule has 0 radical (unpaired) electrons. The maximum atomic E-state index is 12.7. The molecule has 4 rings (SSSR count). The molecule has 1 N–H and O–H groups in total. The summed E-state index contributed by atoms with van der Waals surface area (Å²) in [6.45, 7) is 3.16. The van der Waals surface area contributed by atoms with Crippen molar-refractivity contribution in [1.29, 1.82) is 0 Å². The zero-order valence-electron chi connectivity index (χ0n) is 16.8. The van der Waals surface area contributed by atoms with Gasteiger partial charge in [-0.05, 0) is 36.4 Å². The summed E-state index contributed by atoms with van der Waals surface area (Å²) in [5.41, 5.74) is 5.82. The Balaban J connectivity index is 1.48. The molecule has 7 heteroatoms. The Morgan fingerprint density at radius 1 is 1.10 bits per heavy atom. The van der Waals surface area contributed by atoms with Crippen LogP contribution < -0.4 is 15.1 Å². The highest BCUT2D eigenvalue weighted by molar-refractivity contribution is 5.98. The summed E-state index contributed by atoms with van der Waals surface area (Å²) in [4.78, 5) is 14.9. The van der Waals surface area contributed by atoms with Crippen LogP contribution in [0.5, 0.6) is 5.75 Å². The van der Waals surface area contributed by atoms with Crippen LogP contribution in [0.1, 0.15) is 15.9 Å². The second-order valence-electron chi connectivity index (χ2n) is 6.83. The van der Waals surface area contributed by atoms with Gasteiger partial charge in [-0.3, -0.25) is 4.79 Å². The summed E-state index contributed by atoms with van der Waals surface area (Å²) in [5.74, 6) is 0.421. The number of carbonyl (C=O) groups excluding carboxylic acids is 1. The smallest absolute Gasteiger partial charge is 0.273 e. The van der Waals surface area contributed by atoms with Crippen molar-refractivity contribution in [3.8, 4) is 11.4 Å². The minimum atomic E-state index is -0.278. The lowest BCUT2D eigenvalue weighted by Crippen LogP contribution is -2.36. The molecule has 1 aliphatic rings. The SMILES string of the molecule is COc1cc(N2CCOCC2)ccc1/C=N\NC(=O)c1ccccc1-n1cccc1. The molecular weight excluding hydrogens is 380 g/mol. The molecule has 2 aromatic carbocycles. The molecule has 1 amide bonds. The fourth-order valence-corrected chi connectivity index (χ4v) is 3.43. The predicted molar refractivity (Wildman–Crippen MR) is 117 cm³/mol. The molecule has 0 atom stereocenters. The first kappa shape index (κ1) is 19.7. The average molecular weight is 404 g/mol. The monoisotopic (exact) mass is 404 g/mol. The third-order valence-electron chi connectivity index (χ3n) is 4.99. The highest BCUT2D eigenvalue weighted by Crippen LogP contribution is 2.25. The van der Waals surface area contributed by atoms with Crippen molar-refractivity contribution in [2.24, 2.45) is 5.10 Å². The molecular formula is C23H24N4O3. The summed E-state index contributed by atoms with van der Waals surface area (Å²) in [6.07, 6.45) is 5.39. The van der Waals surface area contributed by atoms with Gasteiger partial charge in [-0.25, -0.2) is 5.43 Å². The van der Waals surface area contributed by atoms with Crippen LogP contribution in [0.3, 0.4) is 0 Å². The molecule has 30 heavy (non-hydrogen) atoms. The predicted octanol–water partition coefficient (Wildman–Crippen LogP) is 3.09. The number of ether oxygens (including phenoxy) is 2. The Bertz CT molecular complexity index is 1020. The van der Waals surface area contributed by atoms with Crippen LogP contribution in [0, 0.1) is 0 Å². The minimum Gasteiger partial charge on any atom is -0.496 e. The van der Waals surface area contributed by atoms with Gasteiger partial charge < -0.3 is 18.9 Å². The van der Waals surface area contributed by atoms with Crippen molar-refractivity contribution < 1.29 is 14.3 Å². The van der Waals surface area contributed by atoms with Gasteiger partial charge in [-0.2, -0.15) is 5.10 Å². The molecule has 1 aromatic heterocycles. The lowest BCUT2D eigenvalue weighted by Gasteiger charge is -2.29. The van der Waals surface area contributed by atoms with Gasteiger partial charge in [0.1, 0.15) is 5.75 Å². The summed E-state index contributed by atoms with van der Waals surface area (Å²) in [7, 11) is 1.63. The third kappa shape index (κ3) is 4.36. The number of benzene rings is 2. The van der Waals surface area contributed by atoms with Gasteiger partial charge >= 0.3 is 0 Å². The quantitative estimate of drug-likeness (QED) is 0.506. The van der Waals surface area contributed by atoms with E-state index in [0.717, 1.165) is 43.2 Å². The van der Waals surface area contributed by atoms with E-state index in [-0.39, 0.29) is 5.91 Å². The Kier molecular flexibility index (Phi) is 6.10. The first-order valence-electron chi connectivity index (χ1n) is 9.83. The zero-order chi connectivity index (χ0) is 20.8. The molecule has 0 bridgehead atoms. The van der Waals surface area contributed by atoms with Crippen molar-refractivity contribution in [2.75, 3.05) is 38.3 Å². The van der Waals surface area contributed by atoms with E-state index in [2.05, 4.69) is 15.4 Å². The highest BCUT2D eigenvalue weighted by Gasteiger charge is 2.14. The van der Waals surface area contributed by atoms with E-state index in [1.165, 1.54) is 0 Å². The summed E-state index contributed by atoms with van der Waals surface area (Å²) < 4.78 is 12.8. The van der Waals surface area contributed by atoms with Crippen molar-refractivity contribution in [3.05, 3.63) is 78.1 Å². The van der Waals surface area contributed by atoms with Crippen LogP contribution in [-0.4, -0.2) is 50.1 Å². The number of carbonyl (C=O) groups is 1. The lowest BCUT2D eigenvalue weighted by molar-refractivity contribution is 0.0955. The van der Waals surface area contributed by atoms with Crippen molar-refractivity contribution in [2.45, 2.75) is 0 Å².